The van der Waals surface area contributed by atoms with Crippen LogP contribution in [0.3, 0.4) is 0 Å². The van der Waals surface area contributed by atoms with Gasteiger partial charge in [0.25, 0.3) is 0 Å². The van der Waals surface area contributed by atoms with Gasteiger partial charge < -0.3 is 15.2 Å². The van der Waals surface area contributed by atoms with Gasteiger partial charge in [-0.1, -0.05) is 5.16 Å². The summed E-state index contributed by atoms with van der Waals surface area (Å²) in [6.07, 6.45) is 1.84. The summed E-state index contributed by atoms with van der Waals surface area (Å²) in [4.78, 5) is 2.16. The maximum Gasteiger partial charge on any atom is 0.143 e. The van der Waals surface area contributed by atoms with Crippen molar-refractivity contribution in [3.05, 3.63) is 23.2 Å². The second-order valence-corrected chi connectivity index (χ2v) is 4.50. The minimum Gasteiger partial charge on any atom is -0.361 e. The number of hydrogen-bond donors (Lipinski definition) is 2. The van der Waals surface area contributed by atoms with Gasteiger partial charge in [-0.05, 0) is 20.9 Å². The standard InChI is InChI=1S/C12H19N5O/c1-8-11(9(2)18-16-8)12-10(6-14-15-12)7-17(3)5-4-13/h6H,4-5,7,13H2,1-3H3,(H,14,15). The largest absolute Gasteiger partial charge is 0.361 e. The Morgan fingerprint density at radius 3 is 2.83 bits per heavy atom. The molecule has 2 rings (SSSR count). The zero-order valence-corrected chi connectivity index (χ0v) is 11.0. The molecule has 0 atom stereocenters. The summed E-state index contributed by atoms with van der Waals surface area (Å²) in [5, 5.41) is 11.1. The fraction of sp³-hybridized carbons (Fsp3) is 0.500. The predicted octanol–water partition coefficient (Wildman–Crippen LogP) is 1.07. The van der Waals surface area contributed by atoms with E-state index in [2.05, 4.69) is 20.3 Å². The summed E-state index contributed by atoms with van der Waals surface area (Å²) in [5.41, 5.74) is 9.53. The zero-order valence-electron chi connectivity index (χ0n) is 11.0. The predicted molar refractivity (Wildman–Crippen MR) is 68.9 cm³/mol. The number of rotatable bonds is 5. The average molecular weight is 249 g/mol. The van der Waals surface area contributed by atoms with Gasteiger partial charge in [0.1, 0.15) is 5.76 Å². The van der Waals surface area contributed by atoms with E-state index in [9.17, 15) is 0 Å². The molecular weight excluding hydrogens is 230 g/mol. The van der Waals surface area contributed by atoms with Crippen molar-refractivity contribution in [2.45, 2.75) is 20.4 Å². The van der Waals surface area contributed by atoms with E-state index in [1.807, 2.05) is 27.1 Å². The van der Waals surface area contributed by atoms with Crippen LogP contribution in [-0.2, 0) is 6.54 Å². The average Bonchev–Trinajstić information content (AvgIpc) is 2.87. The van der Waals surface area contributed by atoms with Crippen molar-refractivity contribution in [3.8, 4) is 11.3 Å². The Balaban J connectivity index is 2.28. The lowest BCUT2D eigenvalue weighted by atomic mass is 10.1. The van der Waals surface area contributed by atoms with E-state index in [1.54, 1.807) is 0 Å². The van der Waals surface area contributed by atoms with Crippen LogP contribution in [-0.4, -0.2) is 40.4 Å². The highest BCUT2D eigenvalue weighted by molar-refractivity contribution is 5.66. The lowest BCUT2D eigenvalue weighted by Crippen LogP contribution is -2.25. The van der Waals surface area contributed by atoms with Crippen molar-refractivity contribution in [1.29, 1.82) is 0 Å². The van der Waals surface area contributed by atoms with Crippen LogP contribution < -0.4 is 5.73 Å². The third kappa shape index (κ3) is 2.44. The monoisotopic (exact) mass is 249 g/mol. The highest BCUT2D eigenvalue weighted by atomic mass is 16.5. The number of aryl methyl sites for hydroxylation is 2. The topological polar surface area (TPSA) is 84.0 Å². The minimum absolute atomic E-state index is 0.648. The molecule has 0 aliphatic rings. The number of hydrogen-bond acceptors (Lipinski definition) is 5. The number of likely N-dealkylation sites (N-methyl/N-ethyl adjacent to an activating group) is 1. The lowest BCUT2D eigenvalue weighted by molar-refractivity contribution is 0.337. The first kappa shape index (κ1) is 12.8. The van der Waals surface area contributed by atoms with Crippen LogP contribution in [0.5, 0.6) is 0 Å². The molecular formula is C12H19N5O. The Labute approximate surface area is 106 Å². The van der Waals surface area contributed by atoms with Crippen LogP contribution in [0.15, 0.2) is 10.7 Å². The van der Waals surface area contributed by atoms with Crippen molar-refractivity contribution in [3.63, 3.8) is 0 Å². The molecule has 0 radical (unpaired) electrons. The second-order valence-electron chi connectivity index (χ2n) is 4.50. The first-order valence-corrected chi connectivity index (χ1v) is 5.97. The van der Waals surface area contributed by atoms with Crippen LogP contribution in [0.1, 0.15) is 17.0 Å². The van der Waals surface area contributed by atoms with Gasteiger partial charge in [-0.25, -0.2) is 0 Å². The second kappa shape index (κ2) is 5.32. The molecule has 0 amide bonds. The van der Waals surface area contributed by atoms with Gasteiger partial charge in [-0.15, -0.1) is 0 Å². The summed E-state index contributed by atoms with van der Waals surface area (Å²) in [6, 6.07) is 0. The quantitative estimate of drug-likeness (QED) is 0.828. The van der Waals surface area contributed by atoms with Gasteiger partial charge in [-0.3, -0.25) is 5.10 Å². The van der Waals surface area contributed by atoms with Crippen LogP contribution in [0.4, 0.5) is 0 Å². The molecule has 0 saturated carbocycles. The maximum atomic E-state index is 5.55. The number of aromatic amines is 1. The van der Waals surface area contributed by atoms with E-state index < -0.39 is 0 Å². The first-order chi connectivity index (χ1) is 8.63. The molecule has 2 aromatic rings. The van der Waals surface area contributed by atoms with Gasteiger partial charge in [0, 0.05) is 25.2 Å². The SMILES string of the molecule is Cc1noc(C)c1-c1[nH]ncc1CN(C)CCN. The minimum atomic E-state index is 0.648. The summed E-state index contributed by atoms with van der Waals surface area (Å²) in [5.74, 6) is 0.805. The number of nitrogens with one attached hydrogen (secondary N) is 1. The van der Waals surface area contributed by atoms with Gasteiger partial charge in [-0.2, -0.15) is 5.10 Å². The Morgan fingerprint density at radius 2 is 2.22 bits per heavy atom. The van der Waals surface area contributed by atoms with Gasteiger partial charge >= 0.3 is 0 Å². The van der Waals surface area contributed by atoms with Crippen LogP contribution in [0, 0.1) is 13.8 Å². The van der Waals surface area contributed by atoms with E-state index in [4.69, 9.17) is 10.3 Å². The van der Waals surface area contributed by atoms with Crippen LogP contribution in [0.25, 0.3) is 11.3 Å². The molecule has 0 saturated heterocycles. The van der Waals surface area contributed by atoms with E-state index in [0.717, 1.165) is 41.4 Å². The summed E-state index contributed by atoms with van der Waals surface area (Å²) >= 11 is 0. The Bertz CT molecular complexity index is 497. The molecule has 0 unspecified atom stereocenters. The Morgan fingerprint density at radius 1 is 1.44 bits per heavy atom. The molecule has 0 aromatic carbocycles. The smallest absolute Gasteiger partial charge is 0.143 e. The molecule has 3 N–H and O–H groups in total. The number of H-pyrrole nitrogens is 1. The molecule has 0 spiro atoms. The van der Waals surface area contributed by atoms with Gasteiger partial charge in [0.05, 0.1) is 23.1 Å². The first-order valence-electron chi connectivity index (χ1n) is 5.97. The Hall–Kier alpha value is -1.66. The molecule has 6 nitrogen and oxygen atoms in total. The van der Waals surface area contributed by atoms with Crippen molar-refractivity contribution in [1.82, 2.24) is 20.3 Å². The number of aromatic nitrogens is 3. The lowest BCUT2D eigenvalue weighted by Gasteiger charge is -2.15. The van der Waals surface area contributed by atoms with Gasteiger partial charge in [0.2, 0.25) is 0 Å². The van der Waals surface area contributed by atoms with E-state index in [-0.39, 0.29) is 0 Å². The number of nitrogens with zero attached hydrogens (tertiary/aromatic N) is 3. The maximum absolute atomic E-state index is 5.55. The molecule has 2 aromatic heterocycles. The highest BCUT2D eigenvalue weighted by Crippen LogP contribution is 2.28. The molecule has 0 bridgehead atoms. The third-order valence-electron chi connectivity index (χ3n) is 2.95. The summed E-state index contributed by atoms with van der Waals surface area (Å²) < 4.78 is 5.20. The summed E-state index contributed by atoms with van der Waals surface area (Å²) in [6.45, 7) is 6.14. The molecule has 0 fully saturated rings. The molecule has 0 aliphatic heterocycles. The molecule has 0 aliphatic carbocycles. The molecule has 18 heavy (non-hydrogen) atoms. The summed E-state index contributed by atoms with van der Waals surface area (Å²) in [7, 11) is 2.04. The fourth-order valence-corrected chi connectivity index (χ4v) is 2.08. The fourth-order valence-electron chi connectivity index (χ4n) is 2.08. The van der Waals surface area contributed by atoms with Crippen molar-refractivity contribution in [2.75, 3.05) is 20.1 Å². The molecule has 6 heteroatoms. The van der Waals surface area contributed by atoms with E-state index >= 15 is 0 Å². The van der Waals surface area contributed by atoms with Crippen molar-refractivity contribution >= 4 is 0 Å². The van der Waals surface area contributed by atoms with E-state index in [0.29, 0.717) is 6.54 Å². The van der Waals surface area contributed by atoms with Crippen molar-refractivity contribution in [2.24, 2.45) is 5.73 Å². The third-order valence-corrected chi connectivity index (χ3v) is 2.95. The van der Waals surface area contributed by atoms with Crippen LogP contribution in [0.2, 0.25) is 0 Å². The Kier molecular flexibility index (Phi) is 3.78. The normalized spacial score (nSPS) is 11.4. The molecule has 2 heterocycles. The zero-order chi connectivity index (χ0) is 13.1. The highest BCUT2D eigenvalue weighted by Gasteiger charge is 2.17. The van der Waals surface area contributed by atoms with Crippen LogP contribution >= 0.6 is 0 Å². The van der Waals surface area contributed by atoms with E-state index in [1.165, 1.54) is 0 Å². The van der Waals surface area contributed by atoms with Crippen molar-refractivity contribution < 1.29 is 4.52 Å². The van der Waals surface area contributed by atoms with Gasteiger partial charge in [0.15, 0.2) is 0 Å². The number of nitrogens with two attached hydrogens (primary N) is 1. The molecule has 98 valence electrons.